The number of allylic oxidation sites excluding steroid dienone is 2. The van der Waals surface area contributed by atoms with Crippen molar-refractivity contribution < 1.29 is 4.79 Å². The largest absolute Gasteiger partial charge is 0.294 e. The SMILES string of the molecule is CCC/C=C/Cc1ccc2c(c1)C(=O)CCC2. The van der Waals surface area contributed by atoms with Crippen molar-refractivity contribution in [1.29, 1.82) is 0 Å². The van der Waals surface area contributed by atoms with Gasteiger partial charge in [-0.05, 0) is 42.9 Å². The van der Waals surface area contributed by atoms with Crippen LogP contribution in [-0.4, -0.2) is 5.78 Å². The summed E-state index contributed by atoms with van der Waals surface area (Å²) in [5.74, 6) is 0.325. The summed E-state index contributed by atoms with van der Waals surface area (Å²) in [6, 6.07) is 6.39. The second kappa shape index (κ2) is 5.81. The minimum absolute atomic E-state index is 0.325. The molecule has 1 nitrogen and oxygen atoms in total. The van der Waals surface area contributed by atoms with Crippen molar-refractivity contribution in [2.24, 2.45) is 0 Å². The molecule has 0 radical (unpaired) electrons. The van der Waals surface area contributed by atoms with Crippen molar-refractivity contribution in [2.45, 2.75) is 45.4 Å². The Hall–Kier alpha value is -1.37. The first kappa shape index (κ1) is 12.1. The van der Waals surface area contributed by atoms with Gasteiger partial charge in [0.2, 0.25) is 0 Å². The van der Waals surface area contributed by atoms with Crippen LogP contribution in [0.15, 0.2) is 30.4 Å². The fourth-order valence-corrected chi connectivity index (χ4v) is 2.31. The van der Waals surface area contributed by atoms with Crippen molar-refractivity contribution in [1.82, 2.24) is 0 Å². The van der Waals surface area contributed by atoms with Gasteiger partial charge >= 0.3 is 0 Å². The van der Waals surface area contributed by atoms with Crippen LogP contribution in [0.1, 0.15) is 54.1 Å². The predicted molar refractivity (Wildman–Crippen MR) is 71.5 cm³/mol. The molecule has 0 atom stereocenters. The Morgan fingerprint density at radius 3 is 2.94 bits per heavy atom. The van der Waals surface area contributed by atoms with Gasteiger partial charge in [0.25, 0.3) is 0 Å². The lowest BCUT2D eigenvalue weighted by molar-refractivity contribution is 0.0972. The molecule has 1 aliphatic carbocycles. The number of carbonyl (C=O) groups excluding carboxylic acids is 1. The molecule has 0 amide bonds. The number of Topliss-reactive ketones (excluding diaryl/α,β-unsaturated/α-hetero) is 1. The summed E-state index contributed by atoms with van der Waals surface area (Å²) in [6.45, 7) is 2.18. The lowest BCUT2D eigenvalue weighted by atomic mass is 9.89. The van der Waals surface area contributed by atoms with Crippen LogP contribution in [0.25, 0.3) is 0 Å². The van der Waals surface area contributed by atoms with Crippen LogP contribution in [0.2, 0.25) is 0 Å². The second-order valence-corrected chi connectivity index (χ2v) is 4.73. The molecule has 0 aromatic heterocycles. The van der Waals surface area contributed by atoms with Gasteiger partial charge in [0, 0.05) is 12.0 Å². The topological polar surface area (TPSA) is 17.1 Å². The Morgan fingerprint density at radius 2 is 2.12 bits per heavy atom. The molecule has 17 heavy (non-hydrogen) atoms. The molecule has 2 rings (SSSR count). The molecular formula is C16H20O. The highest BCUT2D eigenvalue weighted by Crippen LogP contribution is 2.22. The van der Waals surface area contributed by atoms with Gasteiger partial charge in [-0.1, -0.05) is 37.6 Å². The number of ketones is 1. The summed E-state index contributed by atoms with van der Waals surface area (Å²) in [7, 11) is 0. The Morgan fingerprint density at radius 1 is 1.24 bits per heavy atom. The smallest absolute Gasteiger partial charge is 0.163 e. The third-order valence-electron chi connectivity index (χ3n) is 3.30. The van der Waals surface area contributed by atoms with E-state index in [1.807, 2.05) is 0 Å². The molecule has 1 heteroatoms. The van der Waals surface area contributed by atoms with Crippen LogP contribution in [0, 0.1) is 0 Å². The summed E-state index contributed by atoms with van der Waals surface area (Å²) in [6.07, 6.45) is 10.5. The van der Waals surface area contributed by atoms with Gasteiger partial charge in [-0.25, -0.2) is 0 Å². The summed E-state index contributed by atoms with van der Waals surface area (Å²) in [5.41, 5.74) is 3.46. The van der Waals surface area contributed by atoms with E-state index in [4.69, 9.17) is 0 Å². The molecule has 0 saturated heterocycles. The number of rotatable bonds is 4. The Balaban J connectivity index is 2.10. The van der Waals surface area contributed by atoms with E-state index >= 15 is 0 Å². The summed E-state index contributed by atoms with van der Waals surface area (Å²) < 4.78 is 0. The van der Waals surface area contributed by atoms with E-state index in [2.05, 4.69) is 37.3 Å². The first-order chi connectivity index (χ1) is 8.31. The highest BCUT2D eigenvalue weighted by Gasteiger charge is 2.16. The van der Waals surface area contributed by atoms with Gasteiger partial charge in [0.15, 0.2) is 5.78 Å². The zero-order valence-corrected chi connectivity index (χ0v) is 10.5. The van der Waals surface area contributed by atoms with Crippen LogP contribution in [0.3, 0.4) is 0 Å². The van der Waals surface area contributed by atoms with Crippen LogP contribution in [0.5, 0.6) is 0 Å². The summed E-state index contributed by atoms with van der Waals surface area (Å²) >= 11 is 0. The zero-order chi connectivity index (χ0) is 12.1. The van der Waals surface area contributed by atoms with Crippen molar-refractivity contribution >= 4 is 5.78 Å². The number of aryl methyl sites for hydroxylation is 1. The first-order valence-corrected chi connectivity index (χ1v) is 6.61. The van der Waals surface area contributed by atoms with Crippen molar-refractivity contribution in [3.63, 3.8) is 0 Å². The Kier molecular flexibility index (Phi) is 4.13. The van der Waals surface area contributed by atoms with Crippen molar-refractivity contribution in [2.75, 3.05) is 0 Å². The molecule has 0 unspecified atom stereocenters. The van der Waals surface area contributed by atoms with Crippen LogP contribution in [0.4, 0.5) is 0 Å². The molecule has 1 aromatic rings. The molecule has 0 fully saturated rings. The molecule has 1 aliphatic rings. The predicted octanol–water partition coefficient (Wildman–Crippen LogP) is 4.10. The second-order valence-electron chi connectivity index (χ2n) is 4.73. The van der Waals surface area contributed by atoms with E-state index in [9.17, 15) is 4.79 Å². The Labute approximate surface area is 104 Å². The fraction of sp³-hybridized carbons (Fsp3) is 0.438. The first-order valence-electron chi connectivity index (χ1n) is 6.61. The Bertz CT molecular complexity index is 429. The minimum atomic E-state index is 0.325. The fourth-order valence-electron chi connectivity index (χ4n) is 2.31. The third-order valence-corrected chi connectivity index (χ3v) is 3.30. The molecule has 0 heterocycles. The normalized spacial score (nSPS) is 15.2. The van der Waals surface area contributed by atoms with E-state index in [-0.39, 0.29) is 0 Å². The summed E-state index contributed by atoms with van der Waals surface area (Å²) in [5, 5.41) is 0. The molecule has 0 aliphatic heterocycles. The average Bonchev–Trinajstić information content (AvgIpc) is 2.36. The molecule has 0 N–H and O–H groups in total. The van der Waals surface area contributed by atoms with Gasteiger partial charge in [-0.15, -0.1) is 0 Å². The highest BCUT2D eigenvalue weighted by molar-refractivity contribution is 5.98. The lowest BCUT2D eigenvalue weighted by Crippen LogP contribution is -2.10. The van der Waals surface area contributed by atoms with Crippen LogP contribution >= 0.6 is 0 Å². The van der Waals surface area contributed by atoms with Gasteiger partial charge in [-0.2, -0.15) is 0 Å². The van der Waals surface area contributed by atoms with Gasteiger partial charge in [0.05, 0.1) is 0 Å². The summed E-state index contributed by atoms with van der Waals surface area (Å²) in [4.78, 5) is 11.8. The van der Waals surface area contributed by atoms with Crippen molar-refractivity contribution in [3.05, 3.63) is 47.0 Å². The van der Waals surface area contributed by atoms with Crippen molar-refractivity contribution in [3.8, 4) is 0 Å². The van der Waals surface area contributed by atoms with E-state index in [1.54, 1.807) is 0 Å². The zero-order valence-electron chi connectivity index (χ0n) is 10.5. The number of benzene rings is 1. The molecule has 90 valence electrons. The number of carbonyl (C=O) groups is 1. The van der Waals surface area contributed by atoms with Crippen LogP contribution in [-0.2, 0) is 12.8 Å². The quantitative estimate of drug-likeness (QED) is 0.709. The molecular weight excluding hydrogens is 208 g/mol. The van der Waals surface area contributed by atoms with Gasteiger partial charge in [-0.3, -0.25) is 4.79 Å². The molecule has 0 spiro atoms. The molecule has 0 saturated carbocycles. The maximum absolute atomic E-state index is 11.8. The molecule has 1 aromatic carbocycles. The van der Waals surface area contributed by atoms with Gasteiger partial charge < -0.3 is 0 Å². The lowest BCUT2D eigenvalue weighted by Gasteiger charge is -2.15. The highest BCUT2D eigenvalue weighted by atomic mass is 16.1. The standard InChI is InChI=1S/C16H20O/c1-2-3-4-5-7-13-10-11-14-8-6-9-16(17)15(14)12-13/h4-5,10-12H,2-3,6-9H2,1H3/b5-4+. The van der Waals surface area contributed by atoms with Crippen LogP contribution < -0.4 is 0 Å². The van der Waals surface area contributed by atoms with Gasteiger partial charge in [0.1, 0.15) is 0 Å². The number of fused-ring (bicyclic) bond motifs is 1. The van der Waals surface area contributed by atoms with E-state index < -0.39 is 0 Å². The third kappa shape index (κ3) is 3.06. The van der Waals surface area contributed by atoms with E-state index in [0.717, 1.165) is 37.7 Å². The number of unbranched alkanes of at least 4 members (excludes halogenated alkanes) is 1. The van der Waals surface area contributed by atoms with E-state index in [0.29, 0.717) is 5.78 Å². The number of hydrogen-bond donors (Lipinski definition) is 0. The number of hydrogen-bond acceptors (Lipinski definition) is 1. The van der Waals surface area contributed by atoms with E-state index in [1.165, 1.54) is 17.5 Å². The minimum Gasteiger partial charge on any atom is -0.294 e. The molecule has 0 bridgehead atoms. The maximum Gasteiger partial charge on any atom is 0.163 e. The monoisotopic (exact) mass is 228 g/mol. The average molecular weight is 228 g/mol. The maximum atomic E-state index is 11.8.